The fourth-order valence-electron chi connectivity index (χ4n) is 2.63. The van der Waals surface area contributed by atoms with Crippen molar-refractivity contribution in [2.75, 3.05) is 19.7 Å². The monoisotopic (exact) mass is 374 g/mol. The van der Waals surface area contributed by atoms with Gasteiger partial charge in [0.05, 0.1) is 12.6 Å². The Morgan fingerprint density at radius 2 is 1.83 bits per heavy atom. The zero-order chi connectivity index (χ0) is 16.1. The van der Waals surface area contributed by atoms with Crippen molar-refractivity contribution >= 4 is 21.8 Å². The number of carbonyl (C=O) groups excluding carboxylic acids is 1. The zero-order valence-electron chi connectivity index (χ0n) is 12.7. The highest BCUT2D eigenvalue weighted by molar-refractivity contribution is 9.10. The first-order valence-corrected chi connectivity index (χ1v) is 8.46. The maximum atomic E-state index is 12.5. The van der Waals surface area contributed by atoms with Crippen LogP contribution in [0.15, 0.2) is 59.1 Å². The van der Waals surface area contributed by atoms with Crippen LogP contribution in [-0.4, -0.2) is 31.7 Å². The molecule has 0 spiro atoms. The lowest BCUT2D eigenvalue weighted by Crippen LogP contribution is -2.48. The summed E-state index contributed by atoms with van der Waals surface area (Å²) in [5.74, 6) is -0.0889. The van der Waals surface area contributed by atoms with Gasteiger partial charge in [0.25, 0.3) is 5.91 Å². The van der Waals surface area contributed by atoms with Crippen molar-refractivity contribution < 1.29 is 9.53 Å². The third-order valence-corrected chi connectivity index (χ3v) is 4.37. The van der Waals surface area contributed by atoms with E-state index in [0.29, 0.717) is 13.2 Å². The minimum absolute atomic E-state index is 0.0889. The molecule has 1 aliphatic heterocycles. The van der Waals surface area contributed by atoms with E-state index in [2.05, 4.69) is 26.6 Å². The third kappa shape index (κ3) is 4.19. The van der Waals surface area contributed by atoms with Crippen molar-refractivity contribution in [3.05, 3.63) is 70.2 Å². The molecule has 1 fully saturated rings. The standard InChI is InChI=1S/C18H19BrN2O2/c19-15-8-6-14(7-9-15)17(13-4-2-1-3-5-13)21-18(22)16-12-20-10-11-23-16/h1-9,16-17,20H,10-12H2,(H,21,22). The van der Waals surface area contributed by atoms with E-state index in [-0.39, 0.29) is 11.9 Å². The average molecular weight is 375 g/mol. The van der Waals surface area contributed by atoms with Gasteiger partial charge < -0.3 is 15.4 Å². The Bertz CT molecular complexity index is 640. The van der Waals surface area contributed by atoms with Gasteiger partial charge in [-0.15, -0.1) is 0 Å². The molecule has 0 radical (unpaired) electrons. The average Bonchev–Trinajstić information content (AvgIpc) is 2.62. The van der Waals surface area contributed by atoms with Crippen molar-refractivity contribution in [3.63, 3.8) is 0 Å². The number of hydrogen-bond donors (Lipinski definition) is 2. The summed E-state index contributed by atoms with van der Waals surface area (Å²) in [6.07, 6.45) is -0.439. The van der Waals surface area contributed by atoms with Crippen LogP contribution in [0.5, 0.6) is 0 Å². The van der Waals surface area contributed by atoms with E-state index in [1.807, 2.05) is 54.6 Å². The molecule has 2 atom stereocenters. The molecular formula is C18H19BrN2O2. The first-order valence-electron chi connectivity index (χ1n) is 7.67. The molecule has 0 aliphatic carbocycles. The Morgan fingerprint density at radius 3 is 2.48 bits per heavy atom. The first kappa shape index (κ1) is 16.2. The van der Waals surface area contributed by atoms with Crippen LogP contribution in [-0.2, 0) is 9.53 Å². The molecule has 3 rings (SSSR count). The summed E-state index contributed by atoms with van der Waals surface area (Å²) in [6.45, 7) is 1.90. The second-order valence-corrected chi connectivity index (χ2v) is 6.38. The van der Waals surface area contributed by atoms with Crippen LogP contribution >= 0.6 is 15.9 Å². The van der Waals surface area contributed by atoms with Crippen LogP contribution in [0.1, 0.15) is 17.2 Å². The zero-order valence-corrected chi connectivity index (χ0v) is 14.3. The molecule has 1 amide bonds. The van der Waals surface area contributed by atoms with Crippen molar-refractivity contribution in [2.45, 2.75) is 12.1 Å². The fourth-order valence-corrected chi connectivity index (χ4v) is 2.89. The SMILES string of the molecule is O=C(NC(c1ccccc1)c1ccc(Br)cc1)C1CNCCO1. The van der Waals surface area contributed by atoms with Gasteiger partial charge >= 0.3 is 0 Å². The largest absolute Gasteiger partial charge is 0.366 e. The van der Waals surface area contributed by atoms with Gasteiger partial charge in [-0.2, -0.15) is 0 Å². The van der Waals surface area contributed by atoms with Crippen molar-refractivity contribution in [2.24, 2.45) is 0 Å². The summed E-state index contributed by atoms with van der Waals surface area (Å²) in [7, 11) is 0. The number of benzene rings is 2. The van der Waals surface area contributed by atoms with E-state index in [9.17, 15) is 4.79 Å². The second kappa shape index (κ2) is 7.73. The highest BCUT2D eigenvalue weighted by Crippen LogP contribution is 2.24. The molecular weight excluding hydrogens is 356 g/mol. The van der Waals surface area contributed by atoms with Crippen molar-refractivity contribution in [1.29, 1.82) is 0 Å². The van der Waals surface area contributed by atoms with E-state index < -0.39 is 6.10 Å². The molecule has 4 nitrogen and oxygen atoms in total. The number of nitrogens with one attached hydrogen (secondary N) is 2. The summed E-state index contributed by atoms with van der Waals surface area (Å²) in [6, 6.07) is 17.8. The van der Waals surface area contributed by atoms with Crippen LogP contribution in [0.2, 0.25) is 0 Å². The van der Waals surface area contributed by atoms with Crippen LogP contribution in [0, 0.1) is 0 Å². The summed E-state index contributed by atoms with van der Waals surface area (Å²) in [4.78, 5) is 12.5. The minimum Gasteiger partial charge on any atom is -0.366 e. The van der Waals surface area contributed by atoms with E-state index in [1.54, 1.807) is 0 Å². The van der Waals surface area contributed by atoms with E-state index in [0.717, 1.165) is 22.1 Å². The molecule has 23 heavy (non-hydrogen) atoms. The summed E-state index contributed by atoms with van der Waals surface area (Å²) < 4.78 is 6.56. The molecule has 1 aliphatic rings. The van der Waals surface area contributed by atoms with Crippen molar-refractivity contribution in [3.8, 4) is 0 Å². The van der Waals surface area contributed by atoms with Gasteiger partial charge in [-0.3, -0.25) is 4.79 Å². The number of rotatable bonds is 4. The van der Waals surface area contributed by atoms with Gasteiger partial charge in [0.15, 0.2) is 0 Å². The van der Waals surface area contributed by atoms with E-state index in [1.165, 1.54) is 0 Å². The van der Waals surface area contributed by atoms with Crippen molar-refractivity contribution in [1.82, 2.24) is 10.6 Å². The van der Waals surface area contributed by atoms with Crippen LogP contribution in [0.3, 0.4) is 0 Å². The van der Waals surface area contributed by atoms with Gasteiger partial charge in [0, 0.05) is 17.6 Å². The Balaban J connectivity index is 1.83. The van der Waals surface area contributed by atoms with Gasteiger partial charge in [-0.1, -0.05) is 58.4 Å². The maximum absolute atomic E-state index is 12.5. The number of halogens is 1. The quantitative estimate of drug-likeness (QED) is 0.864. The van der Waals surface area contributed by atoms with Gasteiger partial charge in [0.2, 0.25) is 0 Å². The molecule has 1 heterocycles. The number of hydrogen-bond acceptors (Lipinski definition) is 3. The summed E-state index contributed by atoms with van der Waals surface area (Å²) >= 11 is 3.45. The number of morpholine rings is 1. The Kier molecular flexibility index (Phi) is 5.43. The number of amides is 1. The third-order valence-electron chi connectivity index (χ3n) is 3.84. The lowest BCUT2D eigenvalue weighted by atomic mass is 9.98. The molecule has 120 valence electrons. The molecule has 2 unspecified atom stereocenters. The van der Waals surface area contributed by atoms with Gasteiger partial charge in [0.1, 0.15) is 6.10 Å². The Hall–Kier alpha value is -1.69. The predicted molar refractivity (Wildman–Crippen MR) is 93.2 cm³/mol. The Morgan fingerprint density at radius 1 is 1.13 bits per heavy atom. The molecule has 0 bridgehead atoms. The summed E-state index contributed by atoms with van der Waals surface area (Å²) in [5, 5.41) is 6.30. The molecule has 5 heteroatoms. The van der Waals surface area contributed by atoms with Crippen LogP contribution in [0.4, 0.5) is 0 Å². The van der Waals surface area contributed by atoms with Crippen LogP contribution < -0.4 is 10.6 Å². The number of carbonyl (C=O) groups is 1. The van der Waals surface area contributed by atoms with E-state index >= 15 is 0 Å². The second-order valence-electron chi connectivity index (χ2n) is 5.47. The maximum Gasteiger partial charge on any atom is 0.251 e. The lowest BCUT2D eigenvalue weighted by Gasteiger charge is -2.26. The topological polar surface area (TPSA) is 50.4 Å². The lowest BCUT2D eigenvalue weighted by molar-refractivity contribution is -0.134. The van der Waals surface area contributed by atoms with Gasteiger partial charge in [-0.05, 0) is 23.3 Å². The van der Waals surface area contributed by atoms with Crippen LogP contribution in [0.25, 0.3) is 0 Å². The molecule has 2 aromatic rings. The molecule has 2 aromatic carbocycles. The molecule has 0 aromatic heterocycles. The Labute approximate surface area is 144 Å². The molecule has 1 saturated heterocycles. The summed E-state index contributed by atoms with van der Waals surface area (Å²) in [5.41, 5.74) is 2.09. The number of ether oxygens (including phenoxy) is 1. The molecule has 0 saturated carbocycles. The van der Waals surface area contributed by atoms with E-state index in [4.69, 9.17) is 4.74 Å². The minimum atomic E-state index is -0.439. The predicted octanol–water partition coefficient (Wildman–Crippen LogP) is 2.64. The van der Waals surface area contributed by atoms with Gasteiger partial charge in [-0.25, -0.2) is 0 Å². The highest BCUT2D eigenvalue weighted by atomic mass is 79.9. The first-order chi connectivity index (χ1) is 11.2. The fraction of sp³-hybridized carbons (Fsp3) is 0.278. The molecule has 2 N–H and O–H groups in total. The normalized spacial score (nSPS) is 19.1. The smallest absolute Gasteiger partial charge is 0.251 e. The highest BCUT2D eigenvalue weighted by Gasteiger charge is 2.25.